The van der Waals surface area contributed by atoms with Gasteiger partial charge in [0.05, 0.1) is 13.0 Å². The predicted octanol–water partition coefficient (Wildman–Crippen LogP) is 2.63. The van der Waals surface area contributed by atoms with E-state index in [0.29, 0.717) is 0 Å². The van der Waals surface area contributed by atoms with Crippen LogP contribution in [0.1, 0.15) is 52.4 Å². The molecule has 0 aromatic rings. The molecule has 2 aliphatic rings. The van der Waals surface area contributed by atoms with E-state index in [2.05, 4.69) is 5.32 Å². The molecule has 2 aliphatic carbocycles. The van der Waals surface area contributed by atoms with Crippen LogP contribution in [-0.2, 0) is 14.3 Å². The van der Waals surface area contributed by atoms with Crippen molar-refractivity contribution < 1.29 is 19.1 Å². The number of rotatable bonds is 3. The van der Waals surface area contributed by atoms with Crippen molar-refractivity contribution in [2.24, 2.45) is 11.8 Å². The Morgan fingerprint density at radius 3 is 2.65 bits per heavy atom. The summed E-state index contributed by atoms with van der Waals surface area (Å²) in [4.78, 5) is 23.7. The Labute approximate surface area is 120 Å². The van der Waals surface area contributed by atoms with E-state index in [0.717, 1.165) is 38.5 Å². The Morgan fingerprint density at radius 1 is 1.25 bits per heavy atom. The zero-order valence-corrected chi connectivity index (χ0v) is 12.6. The predicted molar refractivity (Wildman–Crippen MR) is 74.2 cm³/mol. The second kappa shape index (κ2) is 6.02. The molecular formula is C15H25NO4. The minimum Gasteiger partial charge on any atom is -0.469 e. The molecule has 3 atom stereocenters. The number of hydrogen-bond donors (Lipinski definition) is 1. The van der Waals surface area contributed by atoms with E-state index >= 15 is 0 Å². The van der Waals surface area contributed by atoms with Gasteiger partial charge in [0.25, 0.3) is 0 Å². The van der Waals surface area contributed by atoms with Crippen LogP contribution in [0.4, 0.5) is 4.79 Å². The van der Waals surface area contributed by atoms with E-state index in [1.807, 2.05) is 13.8 Å². The summed E-state index contributed by atoms with van der Waals surface area (Å²) in [6, 6.07) is 0.0738. The van der Waals surface area contributed by atoms with Gasteiger partial charge in [-0.05, 0) is 58.3 Å². The van der Waals surface area contributed by atoms with Crippen LogP contribution in [0.25, 0.3) is 0 Å². The fourth-order valence-electron chi connectivity index (χ4n) is 3.66. The van der Waals surface area contributed by atoms with Gasteiger partial charge in [0.1, 0.15) is 5.60 Å². The maximum atomic E-state index is 11.9. The standard InChI is InChI=1S/C15H25NO4/c1-10(2)16-14(18)20-15-7-4-5-11(9-15)12(6-8-15)13(17)19-3/h10-12H,4-9H2,1-3H3,(H,16,18). The van der Waals surface area contributed by atoms with Crippen LogP contribution >= 0.6 is 0 Å². The molecule has 2 fully saturated rings. The lowest BCUT2D eigenvalue weighted by atomic mass is 9.64. The van der Waals surface area contributed by atoms with Crippen LogP contribution in [0.3, 0.4) is 0 Å². The lowest BCUT2D eigenvalue weighted by Gasteiger charge is -2.46. The zero-order chi connectivity index (χ0) is 14.8. The number of hydrogen-bond acceptors (Lipinski definition) is 4. The number of esters is 1. The van der Waals surface area contributed by atoms with Gasteiger partial charge >= 0.3 is 12.1 Å². The van der Waals surface area contributed by atoms with E-state index in [9.17, 15) is 9.59 Å². The van der Waals surface area contributed by atoms with Crippen molar-refractivity contribution >= 4 is 12.1 Å². The molecule has 5 heteroatoms. The number of carbonyl (C=O) groups excluding carboxylic acids is 2. The highest BCUT2D eigenvalue weighted by molar-refractivity contribution is 5.73. The molecule has 2 bridgehead atoms. The highest BCUT2D eigenvalue weighted by Gasteiger charge is 2.48. The van der Waals surface area contributed by atoms with Crippen molar-refractivity contribution in [1.29, 1.82) is 0 Å². The molecule has 2 saturated carbocycles. The molecule has 1 N–H and O–H groups in total. The topological polar surface area (TPSA) is 64.6 Å². The van der Waals surface area contributed by atoms with Gasteiger partial charge in [0.2, 0.25) is 0 Å². The smallest absolute Gasteiger partial charge is 0.407 e. The van der Waals surface area contributed by atoms with Gasteiger partial charge in [-0.3, -0.25) is 4.79 Å². The Balaban J connectivity index is 2.00. The molecule has 0 heterocycles. The van der Waals surface area contributed by atoms with Crippen molar-refractivity contribution in [1.82, 2.24) is 5.32 Å². The van der Waals surface area contributed by atoms with Crippen molar-refractivity contribution in [3.8, 4) is 0 Å². The molecule has 0 aromatic carbocycles. The monoisotopic (exact) mass is 283 g/mol. The van der Waals surface area contributed by atoms with E-state index in [4.69, 9.17) is 9.47 Å². The molecule has 0 saturated heterocycles. The summed E-state index contributed by atoms with van der Waals surface area (Å²) in [6.07, 6.45) is 4.91. The fraction of sp³-hybridized carbons (Fsp3) is 0.867. The van der Waals surface area contributed by atoms with E-state index < -0.39 is 0 Å². The largest absolute Gasteiger partial charge is 0.469 e. The lowest BCUT2D eigenvalue weighted by molar-refractivity contribution is -0.154. The van der Waals surface area contributed by atoms with Gasteiger partial charge in [-0.2, -0.15) is 0 Å². The fourth-order valence-corrected chi connectivity index (χ4v) is 3.66. The molecule has 1 amide bonds. The average Bonchev–Trinajstić information content (AvgIpc) is 2.37. The van der Waals surface area contributed by atoms with Gasteiger partial charge < -0.3 is 14.8 Å². The highest BCUT2D eigenvalue weighted by Crippen LogP contribution is 2.48. The van der Waals surface area contributed by atoms with Gasteiger partial charge in [0, 0.05) is 6.04 Å². The third kappa shape index (κ3) is 3.25. The maximum Gasteiger partial charge on any atom is 0.407 e. The minimum atomic E-state index is -0.369. The second-order valence-electron chi connectivity index (χ2n) is 6.40. The first-order valence-corrected chi connectivity index (χ1v) is 7.53. The summed E-state index contributed by atoms with van der Waals surface area (Å²) in [5.74, 6) is 0.152. The number of methoxy groups -OCH3 is 1. The van der Waals surface area contributed by atoms with Crippen LogP contribution in [-0.4, -0.2) is 30.8 Å². The summed E-state index contributed by atoms with van der Waals surface area (Å²) < 4.78 is 10.6. The van der Waals surface area contributed by atoms with Crippen LogP contribution in [0, 0.1) is 11.8 Å². The van der Waals surface area contributed by atoms with E-state index in [1.165, 1.54) is 7.11 Å². The molecule has 0 aliphatic heterocycles. The summed E-state index contributed by atoms with van der Waals surface area (Å²) >= 11 is 0. The lowest BCUT2D eigenvalue weighted by Crippen LogP contribution is -2.49. The first-order chi connectivity index (χ1) is 9.46. The summed E-state index contributed by atoms with van der Waals surface area (Å²) in [6.45, 7) is 3.83. The molecule has 3 unspecified atom stereocenters. The number of alkyl carbamates (subject to hydrolysis) is 1. The van der Waals surface area contributed by atoms with Crippen molar-refractivity contribution in [3.63, 3.8) is 0 Å². The minimum absolute atomic E-state index is 0.0230. The first-order valence-electron chi connectivity index (χ1n) is 7.53. The number of amides is 1. The van der Waals surface area contributed by atoms with Gasteiger partial charge in [-0.25, -0.2) is 4.79 Å². The van der Waals surface area contributed by atoms with Crippen LogP contribution in [0.15, 0.2) is 0 Å². The number of fused-ring (bicyclic) bond motifs is 2. The number of carbonyl (C=O) groups is 2. The normalized spacial score (nSPS) is 32.6. The number of ether oxygens (including phenoxy) is 2. The van der Waals surface area contributed by atoms with Crippen LogP contribution < -0.4 is 5.32 Å². The molecular weight excluding hydrogens is 258 g/mol. The van der Waals surface area contributed by atoms with Crippen molar-refractivity contribution in [2.75, 3.05) is 7.11 Å². The molecule has 0 aromatic heterocycles. The Bertz CT molecular complexity index is 382. The van der Waals surface area contributed by atoms with Crippen LogP contribution in [0.5, 0.6) is 0 Å². The average molecular weight is 283 g/mol. The zero-order valence-electron chi connectivity index (χ0n) is 12.6. The quantitative estimate of drug-likeness (QED) is 0.809. The van der Waals surface area contributed by atoms with Gasteiger partial charge in [-0.15, -0.1) is 0 Å². The molecule has 114 valence electrons. The molecule has 20 heavy (non-hydrogen) atoms. The Hall–Kier alpha value is -1.26. The third-order valence-electron chi connectivity index (χ3n) is 4.54. The first kappa shape index (κ1) is 15.1. The van der Waals surface area contributed by atoms with Crippen LogP contribution in [0.2, 0.25) is 0 Å². The summed E-state index contributed by atoms with van der Waals surface area (Å²) in [5, 5.41) is 2.78. The molecule has 2 rings (SSSR count). The Kier molecular flexibility index (Phi) is 4.55. The summed E-state index contributed by atoms with van der Waals surface area (Å²) in [5.41, 5.74) is -0.369. The molecule has 0 spiro atoms. The SMILES string of the molecule is COC(=O)C1CCC2(OC(=O)NC(C)C)CCCC1C2. The van der Waals surface area contributed by atoms with E-state index in [1.54, 1.807) is 0 Å². The molecule has 0 radical (unpaired) electrons. The van der Waals surface area contributed by atoms with Gasteiger partial charge in [0.15, 0.2) is 0 Å². The second-order valence-corrected chi connectivity index (χ2v) is 6.40. The number of nitrogens with one attached hydrogen (secondary N) is 1. The third-order valence-corrected chi connectivity index (χ3v) is 4.54. The summed E-state index contributed by atoms with van der Waals surface area (Å²) in [7, 11) is 1.44. The van der Waals surface area contributed by atoms with Crippen molar-refractivity contribution in [3.05, 3.63) is 0 Å². The highest BCUT2D eigenvalue weighted by atomic mass is 16.6. The molecule has 5 nitrogen and oxygen atoms in total. The van der Waals surface area contributed by atoms with E-state index in [-0.39, 0.29) is 35.5 Å². The maximum absolute atomic E-state index is 11.9. The van der Waals surface area contributed by atoms with Crippen molar-refractivity contribution in [2.45, 2.75) is 64.0 Å². The van der Waals surface area contributed by atoms with Gasteiger partial charge in [-0.1, -0.05) is 0 Å². The Morgan fingerprint density at radius 2 is 2.00 bits per heavy atom.